The van der Waals surface area contributed by atoms with Gasteiger partial charge in [0.2, 0.25) is 0 Å². The van der Waals surface area contributed by atoms with E-state index in [2.05, 4.69) is 13.8 Å². The summed E-state index contributed by atoms with van der Waals surface area (Å²) in [5.74, 6) is 0.511. The van der Waals surface area contributed by atoms with Crippen LogP contribution < -0.4 is 0 Å². The Morgan fingerprint density at radius 2 is 1.47 bits per heavy atom. The maximum Gasteiger partial charge on any atom is 0.397 e. The minimum absolute atomic E-state index is 0.317. The van der Waals surface area contributed by atoms with E-state index in [9.17, 15) is 13.2 Å². The van der Waals surface area contributed by atoms with E-state index in [4.69, 9.17) is 0 Å². The van der Waals surface area contributed by atoms with E-state index in [-0.39, 0.29) is 0 Å². The molecule has 1 rings (SSSR count). The first-order valence-electron chi connectivity index (χ1n) is 5.80. The average Bonchev–Trinajstić information content (AvgIpc) is 2.15. The molecule has 0 unspecified atom stereocenters. The lowest BCUT2D eigenvalue weighted by molar-refractivity contribution is -0.180. The standard InChI is InChI=1S/C14H19F3/c1-10(2)9-11-5-7-12(8-6-11)13(3,4)14(15,16)17/h5-8,10H,9H2,1-4H3. The van der Waals surface area contributed by atoms with Crippen molar-refractivity contribution < 1.29 is 13.2 Å². The molecule has 0 aromatic heterocycles. The Hall–Kier alpha value is -0.990. The molecule has 0 spiro atoms. The topological polar surface area (TPSA) is 0 Å². The smallest absolute Gasteiger partial charge is 0.170 e. The van der Waals surface area contributed by atoms with Gasteiger partial charge in [-0.05, 0) is 37.3 Å². The van der Waals surface area contributed by atoms with Crippen LogP contribution in [-0.2, 0) is 11.8 Å². The highest BCUT2D eigenvalue weighted by Crippen LogP contribution is 2.40. The zero-order valence-electron chi connectivity index (χ0n) is 10.7. The number of hydrogen-bond donors (Lipinski definition) is 0. The fourth-order valence-corrected chi connectivity index (χ4v) is 1.69. The molecule has 0 atom stereocenters. The summed E-state index contributed by atoms with van der Waals surface area (Å²) in [5.41, 5.74) is -0.386. The summed E-state index contributed by atoms with van der Waals surface area (Å²) in [5, 5.41) is 0. The third-order valence-electron chi connectivity index (χ3n) is 3.03. The first-order valence-corrected chi connectivity index (χ1v) is 5.80. The minimum atomic E-state index is -4.22. The Bertz CT molecular complexity index is 358. The predicted molar refractivity (Wildman–Crippen MR) is 64.1 cm³/mol. The van der Waals surface area contributed by atoms with Gasteiger partial charge in [-0.2, -0.15) is 13.2 Å². The van der Waals surface area contributed by atoms with Crippen molar-refractivity contribution in [2.24, 2.45) is 5.92 Å². The van der Waals surface area contributed by atoms with Gasteiger partial charge in [-0.1, -0.05) is 38.1 Å². The molecule has 0 fully saturated rings. The van der Waals surface area contributed by atoms with Crippen LogP contribution in [0.25, 0.3) is 0 Å². The second-order valence-corrected chi connectivity index (χ2v) is 5.42. The Balaban J connectivity index is 2.95. The van der Waals surface area contributed by atoms with Crippen LogP contribution in [0.1, 0.15) is 38.8 Å². The van der Waals surface area contributed by atoms with Gasteiger partial charge in [0, 0.05) is 0 Å². The molecular formula is C14H19F3. The molecule has 0 aliphatic heterocycles. The van der Waals surface area contributed by atoms with Gasteiger partial charge >= 0.3 is 6.18 Å². The molecule has 0 aliphatic rings. The lowest BCUT2D eigenvalue weighted by Crippen LogP contribution is -2.36. The molecule has 3 heteroatoms. The van der Waals surface area contributed by atoms with Crippen molar-refractivity contribution in [3.63, 3.8) is 0 Å². The Morgan fingerprint density at radius 1 is 1.00 bits per heavy atom. The maximum atomic E-state index is 12.8. The van der Waals surface area contributed by atoms with E-state index < -0.39 is 11.6 Å². The lowest BCUT2D eigenvalue weighted by Gasteiger charge is -2.28. The summed E-state index contributed by atoms with van der Waals surface area (Å²) in [6.45, 7) is 6.61. The van der Waals surface area contributed by atoms with Crippen molar-refractivity contribution in [2.75, 3.05) is 0 Å². The fourth-order valence-electron chi connectivity index (χ4n) is 1.69. The maximum absolute atomic E-state index is 12.8. The molecule has 0 bridgehead atoms. The highest BCUT2D eigenvalue weighted by atomic mass is 19.4. The van der Waals surface area contributed by atoms with E-state index >= 15 is 0 Å². The van der Waals surface area contributed by atoms with Crippen LogP contribution in [0.2, 0.25) is 0 Å². The van der Waals surface area contributed by atoms with Gasteiger partial charge in [0.05, 0.1) is 5.41 Å². The van der Waals surface area contributed by atoms with Crippen molar-refractivity contribution in [1.82, 2.24) is 0 Å². The summed E-state index contributed by atoms with van der Waals surface area (Å²) in [7, 11) is 0. The number of benzene rings is 1. The van der Waals surface area contributed by atoms with Gasteiger partial charge in [0.15, 0.2) is 0 Å². The largest absolute Gasteiger partial charge is 0.397 e. The molecular weight excluding hydrogens is 225 g/mol. The monoisotopic (exact) mass is 244 g/mol. The van der Waals surface area contributed by atoms with Gasteiger partial charge < -0.3 is 0 Å². The molecule has 0 amide bonds. The number of hydrogen-bond acceptors (Lipinski definition) is 0. The summed E-state index contributed by atoms with van der Waals surface area (Å²) in [6.07, 6.45) is -3.32. The summed E-state index contributed by atoms with van der Waals surface area (Å²) < 4.78 is 38.5. The number of halogens is 3. The van der Waals surface area contributed by atoms with Gasteiger partial charge in [0.1, 0.15) is 0 Å². The Labute approximate surface area is 101 Å². The summed E-state index contributed by atoms with van der Waals surface area (Å²) >= 11 is 0. The molecule has 17 heavy (non-hydrogen) atoms. The third kappa shape index (κ3) is 3.24. The third-order valence-corrected chi connectivity index (χ3v) is 3.03. The first-order chi connectivity index (χ1) is 7.64. The van der Waals surface area contributed by atoms with Gasteiger partial charge in [-0.15, -0.1) is 0 Å². The normalized spacial score (nSPS) is 13.2. The number of rotatable bonds is 3. The first kappa shape index (κ1) is 14.1. The molecule has 0 saturated heterocycles. The second-order valence-electron chi connectivity index (χ2n) is 5.42. The van der Waals surface area contributed by atoms with Crippen molar-refractivity contribution in [3.05, 3.63) is 35.4 Å². The van der Waals surface area contributed by atoms with E-state index in [0.717, 1.165) is 12.0 Å². The minimum Gasteiger partial charge on any atom is -0.170 e. The lowest BCUT2D eigenvalue weighted by atomic mass is 9.83. The molecule has 0 nitrogen and oxygen atoms in total. The number of alkyl halides is 3. The van der Waals surface area contributed by atoms with Gasteiger partial charge in [-0.3, -0.25) is 0 Å². The summed E-state index contributed by atoms with van der Waals surface area (Å²) in [4.78, 5) is 0. The van der Waals surface area contributed by atoms with Crippen LogP contribution in [0.5, 0.6) is 0 Å². The van der Waals surface area contributed by atoms with Crippen LogP contribution in [0, 0.1) is 5.92 Å². The summed E-state index contributed by atoms with van der Waals surface area (Å²) in [6, 6.07) is 6.77. The van der Waals surface area contributed by atoms with Gasteiger partial charge in [0.25, 0.3) is 0 Å². The van der Waals surface area contributed by atoms with Crippen LogP contribution >= 0.6 is 0 Å². The molecule has 1 aromatic rings. The zero-order valence-corrected chi connectivity index (χ0v) is 10.7. The second kappa shape index (κ2) is 4.71. The van der Waals surface area contributed by atoms with Crippen LogP contribution in [0.4, 0.5) is 13.2 Å². The zero-order chi connectivity index (χ0) is 13.3. The van der Waals surface area contributed by atoms with Crippen molar-refractivity contribution in [1.29, 1.82) is 0 Å². The molecule has 0 heterocycles. The average molecular weight is 244 g/mol. The van der Waals surface area contributed by atoms with Crippen molar-refractivity contribution in [3.8, 4) is 0 Å². The molecule has 96 valence electrons. The fraction of sp³-hybridized carbons (Fsp3) is 0.571. The van der Waals surface area contributed by atoms with Gasteiger partial charge in [-0.25, -0.2) is 0 Å². The van der Waals surface area contributed by atoms with E-state index in [1.807, 2.05) is 0 Å². The van der Waals surface area contributed by atoms with Crippen molar-refractivity contribution >= 4 is 0 Å². The highest BCUT2D eigenvalue weighted by Gasteiger charge is 2.48. The SMILES string of the molecule is CC(C)Cc1ccc(C(C)(C)C(F)(F)F)cc1. The molecule has 0 radical (unpaired) electrons. The molecule has 1 aromatic carbocycles. The molecule has 0 N–H and O–H groups in total. The predicted octanol–water partition coefficient (Wildman–Crippen LogP) is 4.73. The molecule has 0 aliphatic carbocycles. The van der Waals surface area contributed by atoms with E-state index in [1.54, 1.807) is 24.3 Å². The van der Waals surface area contributed by atoms with E-state index in [1.165, 1.54) is 13.8 Å². The molecule has 0 saturated carbocycles. The van der Waals surface area contributed by atoms with Crippen molar-refractivity contribution in [2.45, 2.75) is 45.7 Å². The van der Waals surface area contributed by atoms with Crippen LogP contribution in [-0.4, -0.2) is 6.18 Å². The quantitative estimate of drug-likeness (QED) is 0.721. The van der Waals surface area contributed by atoms with E-state index in [0.29, 0.717) is 11.5 Å². The Morgan fingerprint density at radius 3 is 1.82 bits per heavy atom. The Kier molecular flexibility index (Phi) is 3.90. The van der Waals surface area contributed by atoms with Crippen LogP contribution in [0.15, 0.2) is 24.3 Å². The van der Waals surface area contributed by atoms with Crippen LogP contribution in [0.3, 0.4) is 0 Å². The highest BCUT2D eigenvalue weighted by molar-refractivity contribution is 5.29.